The molecule has 0 radical (unpaired) electrons. The number of nitrogens with one attached hydrogen (secondary N) is 1. The van der Waals surface area contributed by atoms with Gasteiger partial charge in [0, 0.05) is 51.9 Å². The molecule has 0 unspecified atom stereocenters. The second-order valence-corrected chi connectivity index (χ2v) is 9.61. The first kappa shape index (κ1) is 21.7. The summed E-state index contributed by atoms with van der Waals surface area (Å²) >= 11 is 0. The summed E-state index contributed by atoms with van der Waals surface area (Å²) in [6.45, 7) is 5.53. The van der Waals surface area contributed by atoms with E-state index in [1.807, 2.05) is 4.90 Å². The van der Waals surface area contributed by atoms with E-state index in [4.69, 9.17) is 0 Å². The average Bonchev–Trinajstić information content (AvgIpc) is 2.99. The summed E-state index contributed by atoms with van der Waals surface area (Å²) in [5.41, 5.74) is 0.576. The van der Waals surface area contributed by atoms with Gasteiger partial charge in [-0.1, -0.05) is 12.8 Å². The first-order valence-electron chi connectivity index (χ1n) is 10.2. The molecule has 2 aliphatic heterocycles. The highest BCUT2D eigenvalue weighted by molar-refractivity contribution is 7.89. The van der Waals surface area contributed by atoms with Crippen LogP contribution >= 0.6 is 0 Å². The number of amides is 2. The third-order valence-corrected chi connectivity index (χ3v) is 7.44. The van der Waals surface area contributed by atoms with Crippen molar-refractivity contribution in [2.75, 3.05) is 51.1 Å². The van der Waals surface area contributed by atoms with Gasteiger partial charge in [-0.15, -0.1) is 0 Å². The van der Waals surface area contributed by atoms with Gasteiger partial charge in [-0.3, -0.25) is 14.5 Å². The maximum atomic E-state index is 12.8. The number of hydrogen-bond acceptors (Lipinski definition) is 5. The van der Waals surface area contributed by atoms with E-state index in [-0.39, 0.29) is 23.3 Å². The SMILES string of the molecule is CC(=O)N1CCN(CC(=O)Nc2ccc(S(=O)(=O)N3CCCCCC3)cc2)CC1. The van der Waals surface area contributed by atoms with Gasteiger partial charge in [0.1, 0.15) is 0 Å². The summed E-state index contributed by atoms with van der Waals surface area (Å²) in [5, 5.41) is 2.82. The second kappa shape index (κ2) is 9.69. The number of carbonyl (C=O) groups excluding carboxylic acids is 2. The largest absolute Gasteiger partial charge is 0.340 e. The molecule has 9 heteroatoms. The first-order valence-corrected chi connectivity index (χ1v) is 11.7. The summed E-state index contributed by atoms with van der Waals surface area (Å²) in [6, 6.07) is 6.38. The van der Waals surface area contributed by atoms with Gasteiger partial charge in [-0.25, -0.2) is 8.42 Å². The van der Waals surface area contributed by atoms with E-state index in [0.717, 1.165) is 25.7 Å². The van der Waals surface area contributed by atoms with Gasteiger partial charge in [-0.2, -0.15) is 4.31 Å². The van der Waals surface area contributed by atoms with Crippen LogP contribution in [0.1, 0.15) is 32.6 Å². The number of sulfonamides is 1. The molecule has 160 valence electrons. The Morgan fingerprint density at radius 1 is 0.897 bits per heavy atom. The van der Waals surface area contributed by atoms with E-state index in [2.05, 4.69) is 5.32 Å². The van der Waals surface area contributed by atoms with Crippen LogP contribution in [-0.2, 0) is 19.6 Å². The average molecular weight is 423 g/mol. The molecule has 2 fully saturated rings. The van der Waals surface area contributed by atoms with Gasteiger partial charge < -0.3 is 10.2 Å². The normalized spacial score (nSPS) is 19.6. The number of hydrogen-bond donors (Lipinski definition) is 1. The van der Waals surface area contributed by atoms with Crippen LogP contribution in [0.4, 0.5) is 5.69 Å². The Morgan fingerprint density at radius 3 is 2.03 bits per heavy atom. The molecule has 2 heterocycles. The molecule has 0 atom stereocenters. The van der Waals surface area contributed by atoms with Gasteiger partial charge in [0.15, 0.2) is 0 Å². The van der Waals surface area contributed by atoms with Crippen molar-refractivity contribution in [1.82, 2.24) is 14.1 Å². The highest BCUT2D eigenvalue weighted by Gasteiger charge is 2.25. The monoisotopic (exact) mass is 422 g/mol. The van der Waals surface area contributed by atoms with E-state index in [0.29, 0.717) is 45.0 Å². The molecule has 2 saturated heterocycles. The molecule has 1 aromatic rings. The smallest absolute Gasteiger partial charge is 0.243 e. The zero-order valence-electron chi connectivity index (χ0n) is 17.0. The Kier molecular flexibility index (Phi) is 7.26. The molecule has 1 aromatic carbocycles. The van der Waals surface area contributed by atoms with Crippen molar-refractivity contribution in [3.8, 4) is 0 Å². The van der Waals surface area contributed by atoms with Crippen LogP contribution < -0.4 is 5.32 Å². The summed E-state index contributed by atoms with van der Waals surface area (Å²) in [5.74, 6) is -0.0891. The minimum atomic E-state index is -3.49. The van der Waals surface area contributed by atoms with Crippen molar-refractivity contribution in [2.45, 2.75) is 37.5 Å². The number of anilines is 1. The van der Waals surface area contributed by atoms with Gasteiger partial charge >= 0.3 is 0 Å². The Balaban J connectivity index is 1.53. The third-order valence-electron chi connectivity index (χ3n) is 5.53. The van der Waals surface area contributed by atoms with E-state index in [1.165, 1.54) is 0 Å². The van der Waals surface area contributed by atoms with E-state index in [1.54, 1.807) is 40.4 Å². The Hall–Kier alpha value is -1.97. The lowest BCUT2D eigenvalue weighted by Crippen LogP contribution is -2.49. The lowest BCUT2D eigenvalue weighted by Gasteiger charge is -2.33. The van der Waals surface area contributed by atoms with E-state index in [9.17, 15) is 18.0 Å². The van der Waals surface area contributed by atoms with Gasteiger partial charge in [0.05, 0.1) is 11.4 Å². The Morgan fingerprint density at radius 2 is 1.48 bits per heavy atom. The highest BCUT2D eigenvalue weighted by Crippen LogP contribution is 2.21. The molecule has 8 nitrogen and oxygen atoms in total. The minimum absolute atomic E-state index is 0.0596. The van der Waals surface area contributed by atoms with Crippen molar-refractivity contribution >= 4 is 27.5 Å². The molecule has 0 aliphatic carbocycles. The van der Waals surface area contributed by atoms with E-state index < -0.39 is 10.0 Å². The van der Waals surface area contributed by atoms with Crippen molar-refractivity contribution in [1.29, 1.82) is 0 Å². The standard InChI is InChI=1S/C20H30N4O4S/c1-17(25)23-14-12-22(13-15-23)16-20(26)21-18-6-8-19(9-7-18)29(27,28)24-10-4-2-3-5-11-24/h6-9H,2-5,10-16H2,1H3,(H,21,26). The highest BCUT2D eigenvalue weighted by atomic mass is 32.2. The molecule has 0 bridgehead atoms. The van der Waals surface area contributed by atoms with Crippen molar-refractivity contribution in [2.24, 2.45) is 0 Å². The number of carbonyl (C=O) groups is 2. The molecule has 3 rings (SSSR count). The van der Waals surface area contributed by atoms with Crippen molar-refractivity contribution in [3.05, 3.63) is 24.3 Å². The molecule has 1 N–H and O–H groups in total. The molecule has 0 spiro atoms. The zero-order valence-corrected chi connectivity index (χ0v) is 17.8. The van der Waals surface area contributed by atoms with Crippen LogP contribution in [0.25, 0.3) is 0 Å². The molecule has 2 aliphatic rings. The van der Waals surface area contributed by atoms with Crippen LogP contribution in [0.2, 0.25) is 0 Å². The fourth-order valence-electron chi connectivity index (χ4n) is 3.77. The fourth-order valence-corrected chi connectivity index (χ4v) is 5.28. The van der Waals surface area contributed by atoms with Gasteiger partial charge in [-0.05, 0) is 37.1 Å². The van der Waals surface area contributed by atoms with Crippen LogP contribution in [0.5, 0.6) is 0 Å². The Bertz CT molecular complexity index is 809. The Labute approximate surface area is 172 Å². The van der Waals surface area contributed by atoms with Crippen LogP contribution in [-0.4, -0.2) is 80.2 Å². The molecular formula is C20H30N4O4S. The lowest BCUT2D eigenvalue weighted by atomic mass is 10.2. The van der Waals surface area contributed by atoms with Gasteiger partial charge in [0.2, 0.25) is 21.8 Å². The predicted molar refractivity (Wildman–Crippen MR) is 111 cm³/mol. The van der Waals surface area contributed by atoms with Crippen LogP contribution in [0.3, 0.4) is 0 Å². The first-order chi connectivity index (χ1) is 13.9. The minimum Gasteiger partial charge on any atom is -0.340 e. The quantitative estimate of drug-likeness (QED) is 0.774. The van der Waals surface area contributed by atoms with Crippen LogP contribution in [0, 0.1) is 0 Å². The summed E-state index contributed by atoms with van der Waals surface area (Å²) < 4.78 is 27.2. The number of benzene rings is 1. The molecule has 2 amide bonds. The third kappa shape index (κ3) is 5.77. The van der Waals surface area contributed by atoms with Crippen LogP contribution in [0.15, 0.2) is 29.2 Å². The number of rotatable bonds is 5. The summed E-state index contributed by atoms with van der Waals surface area (Å²) in [6.07, 6.45) is 3.93. The fraction of sp³-hybridized carbons (Fsp3) is 0.600. The van der Waals surface area contributed by atoms with Gasteiger partial charge in [0.25, 0.3) is 0 Å². The maximum absolute atomic E-state index is 12.8. The number of piperazine rings is 1. The predicted octanol–water partition coefficient (Wildman–Crippen LogP) is 1.35. The number of nitrogens with zero attached hydrogens (tertiary/aromatic N) is 3. The topological polar surface area (TPSA) is 90.0 Å². The molecular weight excluding hydrogens is 392 g/mol. The zero-order chi connectivity index (χ0) is 20.9. The van der Waals surface area contributed by atoms with E-state index >= 15 is 0 Å². The van der Waals surface area contributed by atoms with Crippen molar-refractivity contribution in [3.63, 3.8) is 0 Å². The lowest BCUT2D eigenvalue weighted by molar-refractivity contribution is -0.130. The molecule has 29 heavy (non-hydrogen) atoms. The summed E-state index contributed by atoms with van der Waals surface area (Å²) in [7, 11) is -3.49. The molecule has 0 aromatic heterocycles. The maximum Gasteiger partial charge on any atom is 0.243 e. The summed E-state index contributed by atoms with van der Waals surface area (Å²) in [4.78, 5) is 27.7. The molecule has 0 saturated carbocycles. The van der Waals surface area contributed by atoms with Crippen molar-refractivity contribution < 1.29 is 18.0 Å². The second-order valence-electron chi connectivity index (χ2n) is 7.67.